The zero-order chi connectivity index (χ0) is 21.2. The van der Waals surface area contributed by atoms with Gasteiger partial charge in [-0.1, -0.05) is 96.1 Å². The number of phenols is 1. The van der Waals surface area contributed by atoms with Gasteiger partial charge in [-0.25, -0.2) is 4.79 Å². The van der Waals surface area contributed by atoms with E-state index in [1.54, 1.807) is 17.0 Å². The van der Waals surface area contributed by atoms with Crippen LogP contribution < -0.4 is 5.73 Å². The van der Waals surface area contributed by atoms with Crippen LogP contribution in [0.1, 0.15) is 102 Å². The summed E-state index contributed by atoms with van der Waals surface area (Å²) in [7, 11) is 0. The van der Waals surface area contributed by atoms with E-state index in [0.717, 1.165) is 25.8 Å². The van der Waals surface area contributed by atoms with Crippen LogP contribution in [0, 0.1) is 0 Å². The molecule has 0 saturated heterocycles. The van der Waals surface area contributed by atoms with Crippen molar-refractivity contribution in [3.63, 3.8) is 0 Å². The van der Waals surface area contributed by atoms with Crippen molar-refractivity contribution in [3.8, 4) is 5.75 Å². The summed E-state index contributed by atoms with van der Waals surface area (Å²) < 4.78 is 0. The number of hydrogen-bond donors (Lipinski definition) is 2. The third-order valence-corrected chi connectivity index (χ3v) is 5.67. The number of carbonyl (C=O) groups is 1. The van der Waals surface area contributed by atoms with E-state index in [1.165, 1.54) is 82.6 Å². The molecular formula is C25H44N2O2. The van der Waals surface area contributed by atoms with Crippen LogP contribution in [-0.4, -0.2) is 29.1 Å². The van der Waals surface area contributed by atoms with Crippen molar-refractivity contribution >= 4 is 6.03 Å². The van der Waals surface area contributed by atoms with Gasteiger partial charge in [0.15, 0.2) is 0 Å². The van der Waals surface area contributed by atoms with Crippen molar-refractivity contribution in [1.29, 1.82) is 0 Å². The van der Waals surface area contributed by atoms with Crippen LogP contribution in [0.3, 0.4) is 0 Å². The Morgan fingerprint density at radius 3 is 1.69 bits per heavy atom. The molecular weight excluding hydrogens is 360 g/mol. The van der Waals surface area contributed by atoms with Gasteiger partial charge in [0.2, 0.25) is 0 Å². The lowest BCUT2D eigenvalue weighted by Gasteiger charge is -2.20. The first-order valence-electron chi connectivity index (χ1n) is 12.0. The molecule has 0 aliphatic heterocycles. The maximum Gasteiger partial charge on any atom is 0.314 e. The van der Waals surface area contributed by atoms with E-state index < -0.39 is 0 Å². The fourth-order valence-electron chi connectivity index (χ4n) is 3.79. The minimum atomic E-state index is -0.311. The number of carbonyl (C=O) groups excluding carboxylic acids is 1. The molecule has 0 saturated carbocycles. The molecule has 0 bridgehead atoms. The first-order valence-corrected chi connectivity index (χ1v) is 12.0. The number of hydrogen-bond acceptors (Lipinski definition) is 2. The fraction of sp³-hybridized carbons (Fsp3) is 0.720. The highest BCUT2D eigenvalue weighted by Crippen LogP contribution is 2.14. The Balaban J connectivity index is 1.97. The molecule has 0 spiro atoms. The van der Waals surface area contributed by atoms with Gasteiger partial charge in [0, 0.05) is 13.1 Å². The van der Waals surface area contributed by atoms with Crippen molar-refractivity contribution < 1.29 is 9.90 Å². The lowest BCUT2D eigenvalue weighted by Crippen LogP contribution is -2.37. The molecule has 0 aliphatic carbocycles. The van der Waals surface area contributed by atoms with Gasteiger partial charge in [-0.05, 0) is 37.0 Å². The zero-order valence-corrected chi connectivity index (χ0v) is 18.7. The number of unbranched alkanes of at least 4 members (excludes halogenated alkanes) is 12. The Labute approximate surface area is 178 Å². The summed E-state index contributed by atoms with van der Waals surface area (Å²) >= 11 is 0. The van der Waals surface area contributed by atoms with Crippen molar-refractivity contribution in [2.75, 3.05) is 13.1 Å². The largest absolute Gasteiger partial charge is 0.508 e. The van der Waals surface area contributed by atoms with Crippen LogP contribution in [0.25, 0.3) is 0 Å². The quantitative estimate of drug-likeness (QED) is 0.264. The minimum Gasteiger partial charge on any atom is -0.508 e. The van der Waals surface area contributed by atoms with Gasteiger partial charge in [-0.2, -0.15) is 0 Å². The van der Waals surface area contributed by atoms with E-state index in [2.05, 4.69) is 6.92 Å². The van der Waals surface area contributed by atoms with Crippen LogP contribution in [0.2, 0.25) is 0 Å². The molecule has 0 radical (unpaired) electrons. The van der Waals surface area contributed by atoms with Crippen molar-refractivity contribution in [2.45, 2.75) is 103 Å². The summed E-state index contributed by atoms with van der Waals surface area (Å²) in [4.78, 5) is 13.4. The molecule has 4 heteroatoms. The molecule has 2 amide bonds. The second-order valence-electron chi connectivity index (χ2n) is 8.34. The number of amides is 2. The van der Waals surface area contributed by atoms with E-state index in [-0.39, 0.29) is 11.8 Å². The van der Waals surface area contributed by atoms with E-state index in [0.29, 0.717) is 6.54 Å². The molecule has 3 N–H and O–H groups in total. The Morgan fingerprint density at radius 1 is 0.759 bits per heavy atom. The van der Waals surface area contributed by atoms with Crippen molar-refractivity contribution in [3.05, 3.63) is 29.8 Å². The number of phenolic OH excluding ortho intramolecular Hbond substituents is 1. The van der Waals surface area contributed by atoms with Crippen LogP contribution >= 0.6 is 0 Å². The molecule has 0 aromatic heterocycles. The first kappa shape index (κ1) is 25.3. The number of benzene rings is 1. The third kappa shape index (κ3) is 14.0. The highest BCUT2D eigenvalue weighted by Gasteiger charge is 2.08. The summed E-state index contributed by atoms with van der Waals surface area (Å²) in [6.45, 7) is 3.74. The van der Waals surface area contributed by atoms with Gasteiger partial charge in [-0.3, -0.25) is 0 Å². The monoisotopic (exact) mass is 404 g/mol. The van der Waals surface area contributed by atoms with Gasteiger partial charge < -0.3 is 15.7 Å². The van der Waals surface area contributed by atoms with E-state index in [9.17, 15) is 9.90 Å². The molecule has 0 heterocycles. The Morgan fingerprint density at radius 2 is 1.21 bits per heavy atom. The topological polar surface area (TPSA) is 66.6 Å². The lowest BCUT2D eigenvalue weighted by molar-refractivity contribution is 0.205. The van der Waals surface area contributed by atoms with Gasteiger partial charge in [0.05, 0.1) is 0 Å². The highest BCUT2D eigenvalue weighted by atomic mass is 16.3. The maximum atomic E-state index is 11.7. The Kier molecular flexibility index (Phi) is 15.0. The van der Waals surface area contributed by atoms with Crippen LogP contribution in [0.5, 0.6) is 5.75 Å². The number of primary amides is 1. The zero-order valence-electron chi connectivity index (χ0n) is 18.7. The summed E-state index contributed by atoms with van der Waals surface area (Å²) in [6, 6.07) is 6.95. The Hall–Kier alpha value is -1.71. The Bertz CT molecular complexity index is 516. The SMILES string of the molecule is CCCCCCCCCCCCCCCN(CCCc1ccc(O)cc1)C(N)=O. The number of urea groups is 1. The molecule has 29 heavy (non-hydrogen) atoms. The average molecular weight is 405 g/mol. The molecule has 4 nitrogen and oxygen atoms in total. The van der Waals surface area contributed by atoms with Gasteiger partial charge in [0.25, 0.3) is 0 Å². The number of aromatic hydroxyl groups is 1. The van der Waals surface area contributed by atoms with Crippen LogP contribution in [-0.2, 0) is 6.42 Å². The summed E-state index contributed by atoms with van der Waals surface area (Å²) in [5.74, 6) is 0.287. The summed E-state index contributed by atoms with van der Waals surface area (Å²) in [6.07, 6.45) is 19.1. The lowest BCUT2D eigenvalue weighted by atomic mass is 10.0. The standard InChI is InChI=1S/C25H44N2O2/c1-2-3-4-5-6-7-8-9-10-11-12-13-14-21-27(25(26)29)22-15-16-23-17-19-24(28)20-18-23/h17-20,28H,2-16,21-22H2,1H3,(H2,26,29). The predicted molar refractivity (Wildman–Crippen MR) is 123 cm³/mol. The summed E-state index contributed by atoms with van der Waals surface area (Å²) in [5.41, 5.74) is 6.71. The molecule has 1 aromatic carbocycles. The van der Waals surface area contributed by atoms with Gasteiger partial charge in [0.1, 0.15) is 5.75 Å². The molecule has 1 aromatic rings. The molecule has 0 fully saturated rings. The summed E-state index contributed by atoms with van der Waals surface area (Å²) in [5, 5.41) is 9.32. The smallest absolute Gasteiger partial charge is 0.314 e. The van der Waals surface area contributed by atoms with Crippen molar-refractivity contribution in [2.24, 2.45) is 5.73 Å². The maximum absolute atomic E-state index is 11.7. The predicted octanol–water partition coefficient (Wildman–Crippen LogP) is 6.80. The fourth-order valence-corrected chi connectivity index (χ4v) is 3.79. The number of nitrogens with two attached hydrogens (primary N) is 1. The number of nitrogens with zero attached hydrogens (tertiary/aromatic N) is 1. The second kappa shape index (κ2) is 17.2. The van der Waals surface area contributed by atoms with Crippen LogP contribution in [0.15, 0.2) is 24.3 Å². The molecule has 0 atom stereocenters. The molecule has 166 valence electrons. The molecule has 0 unspecified atom stereocenters. The second-order valence-corrected chi connectivity index (χ2v) is 8.34. The number of rotatable bonds is 18. The van der Waals surface area contributed by atoms with E-state index in [1.807, 2.05) is 12.1 Å². The minimum absolute atomic E-state index is 0.287. The highest BCUT2D eigenvalue weighted by molar-refractivity contribution is 5.71. The van der Waals surface area contributed by atoms with Gasteiger partial charge >= 0.3 is 6.03 Å². The molecule has 0 aliphatic rings. The van der Waals surface area contributed by atoms with Gasteiger partial charge in [-0.15, -0.1) is 0 Å². The van der Waals surface area contributed by atoms with Crippen LogP contribution in [0.4, 0.5) is 4.79 Å². The normalized spacial score (nSPS) is 10.9. The van der Waals surface area contributed by atoms with Crippen molar-refractivity contribution in [1.82, 2.24) is 4.90 Å². The third-order valence-electron chi connectivity index (χ3n) is 5.67. The van der Waals surface area contributed by atoms with E-state index in [4.69, 9.17) is 5.73 Å². The van der Waals surface area contributed by atoms with E-state index >= 15 is 0 Å². The number of aryl methyl sites for hydroxylation is 1. The first-order chi connectivity index (χ1) is 14.1. The molecule has 1 rings (SSSR count). The average Bonchev–Trinajstić information content (AvgIpc) is 2.71.